The molecule has 11 heteroatoms. The lowest BCUT2D eigenvalue weighted by Crippen LogP contribution is -2.36. The average Bonchev–Trinajstić information content (AvgIpc) is 3.02. The molecule has 0 aliphatic carbocycles. The van der Waals surface area contributed by atoms with Gasteiger partial charge in [0.2, 0.25) is 27.7 Å². The number of nitrogens with zero attached hydrogens (tertiary/aromatic N) is 3. The fourth-order valence-electron chi connectivity index (χ4n) is 2.61. The van der Waals surface area contributed by atoms with Crippen LogP contribution in [0.5, 0.6) is 0 Å². The molecular formula is C13H16N4O5S2. The molecule has 0 radical (unpaired) electrons. The normalized spacial score (nSPS) is 18.8. The number of sulfonamides is 1. The molecule has 24 heavy (non-hydrogen) atoms. The van der Waals surface area contributed by atoms with Crippen molar-refractivity contribution in [3.63, 3.8) is 0 Å². The van der Waals surface area contributed by atoms with Crippen molar-refractivity contribution in [3.05, 3.63) is 10.6 Å². The minimum atomic E-state index is -3.27. The van der Waals surface area contributed by atoms with Crippen molar-refractivity contribution in [1.82, 2.24) is 14.2 Å². The highest BCUT2D eigenvalue weighted by Crippen LogP contribution is 2.29. The SMILES string of the molecule is CS(=O)(=O)N1CCc2nc(NC(=O)CN3C(=O)CCC3=O)sc2C1. The molecule has 0 atom stereocenters. The maximum atomic E-state index is 12.0. The maximum Gasteiger partial charge on any atom is 0.246 e. The van der Waals surface area contributed by atoms with Crippen LogP contribution in [0.15, 0.2) is 0 Å². The molecular weight excluding hydrogens is 356 g/mol. The molecule has 0 bridgehead atoms. The van der Waals surface area contributed by atoms with Gasteiger partial charge < -0.3 is 5.32 Å². The van der Waals surface area contributed by atoms with E-state index in [4.69, 9.17) is 0 Å². The molecule has 3 heterocycles. The number of carbonyl (C=O) groups excluding carboxylic acids is 3. The fourth-order valence-corrected chi connectivity index (χ4v) is 4.52. The molecule has 2 aliphatic heterocycles. The number of fused-ring (bicyclic) bond motifs is 1. The summed E-state index contributed by atoms with van der Waals surface area (Å²) in [6.45, 7) is 0.280. The minimum absolute atomic E-state index is 0.138. The molecule has 3 rings (SSSR count). The van der Waals surface area contributed by atoms with Gasteiger partial charge in [0.15, 0.2) is 5.13 Å². The number of thiazole rings is 1. The van der Waals surface area contributed by atoms with Gasteiger partial charge in [-0.05, 0) is 0 Å². The number of anilines is 1. The van der Waals surface area contributed by atoms with Crippen molar-refractivity contribution in [3.8, 4) is 0 Å². The lowest BCUT2D eigenvalue weighted by Gasteiger charge is -2.23. The van der Waals surface area contributed by atoms with Crippen LogP contribution in [-0.2, 0) is 37.4 Å². The molecule has 1 aromatic rings. The Balaban J connectivity index is 1.65. The Morgan fingerprint density at radius 1 is 1.25 bits per heavy atom. The van der Waals surface area contributed by atoms with Crippen LogP contribution in [0, 0.1) is 0 Å². The Morgan fingerprint density at radius 2 is 1.92 bits per heavy atom. The third-order valence-corrected chi connectivity index (χ3v) is 6.12. The summed E-state index contributed by atoms with van der Waals surface area (Å²) in [4.78, 5) is 41.0. The largest absolute Gasteiger partial charge is 0.300 e. The smallest absolute Gasteiger partial charge is 0.246 e. The molecule has 9 nitrogen and oxygen atoms in total. The standard InChI is InChI=1S/C13H16N4O5S2/c1-24(21,22)16-5-4-8-9(6-16)23-13(14-8)15-10(18)7-17-11(19)2-3-12(17)20/h2-7H2,1H3,(H,14,15,18). The van der Waals surface area contributed by atoms with E-state index in [1.165, 1.54) is 15.6 Å². The monoisotopic (exact) mass is 372 g/mol. The fraction of sp³-hybridized carbons (Fsp3) is 0.538. The van der Waals surface area contributed by atoms with Gasteiger partial charge >= 0.3 is 0 Å². The van der Waals surface area contributed by atoms with Gasteiger partial charge in [-0.3, -0.25) is 19.3 Å². The van der Waals surface area contributed by atoms with Gasteiger partial charge in [0.05, 0.1) is 11.9 Å². The van der Waals surface area contributed by atoms with E-state index in [0.717, 1.165) is 21.7 Å². The summed E-state index contributed by atoms with van der Waals surface area (Å²) in [6, 6.07) is 0. The first-order valence-corrected chi connectivity index (χ1v) is 9.97. The number of amides is 3. The van der Waals surface area contributed by atoms with Crippen molar-refractivity contribution in [2.45, 2.75) is 25.8 Å². The van der Waals surface area contributed by atoms with E-state index >= 15 is 0 Å². The second-order valence-corrected chi connectivity index (χ2v) is 8.72. The van der Waals surface area contributed by atoms with E-state index in [9.17, 15) is 22.8 Å². The van der Waals surface area contributed by atoms with Crippen LogP contribution in [0.4, 0.5) is 5.13 Å². The van der Waals surface area contributed by atoms with Gasteiger partial charge in [-0.1, -0.05) is 0 Å². The van der Waals surface area contributed by atoms with Crippen LogP contribution in [0.2, 0.25) is 0 Å². The van der Waals surface area contributed by atoms with Crippen molar-refractivity contribution < 1.29 is 22.8 Å². The minimum Gasteiger partial charge on any atom is -0.300 e. The predicted molar refractivity (Wildman–Crippen MR) is 85.7 cm³/mol. The molecule has 1 N–H and O–H groups in total. The summed E-state index contributed by atoms with van der Waals surface area (Å²) in [6.07, 6.45) is 1.92. The van der Waals surface area contributed by atoms with Crippen LogP contribution < -0.4 is 5.32 Å². The van der Waals surface area contributed by atoms with E-state index in [2.05, 4.69) is 10.3 Å². The van der Waals surface area contributed by atoms with Gasteiger partial charge in [-0.25, -0.2) is 13.4 Å². The van der Waals surface area contributed by atoms with Gasteiger partial charge in [0.1, 0.15) is 6.54 Å². The van der Waals surface area contributed by atoms with Crippen molar-refractivity contribution in [2.75, 3.05) is 24.7 Å². The number of nitrogens with one attached hydrogen (secondary N) is 1. The summed E-state index contributed by atoms with van der Waals surface area (Å²) in [5.41, 5.74) is 0.767. The molecule has 0 saturated carbocycles. The molecule has 130 valence electrons. The van der Waals surface area contributed by atoms with E-state index < -0.39 is 15.9 Å². The summed E-state index contributed by atoms with van der Waals surface area (Å²) in [7, 11) is -3.27. The van der Waals surface area contributed by atoms with Crippen LogP contribution >= 0.6 is 11.3 Å². The van der Waals surface area contributed by atoms with Crippen molar-refractivity contribution in [1.29, 1.82) is 0 Å². The molecule has 1 aromatic heterocycles. The summed E-state index contributed by atoms with van der Waals surface area (Å²) in [5.74, 6) is -1.19. The highest BCUT2D eigenvalue weighted by Gasteiger charge is 2.31. The summed E-state index contributed by atoms with van der Waals surface area (Å²) < 4.78 is 24.6. The van der Waals surface area contributed by atoms with Gasteiger partial charge in [-0.2, -0.15) is 4.31 Å². The molecule has 0 unspecified atom stereocenters. The lowest BCUT2D eigenvalue weighted by atomic mass is 10.2. The third kappa shape index (κ3) is 3.47. The third-order valence-electron chi connectivity index (χ3n) is 3.87. The first-order chi connectivity index (χ1) is 11.2. The highest BCUT2D eigenvalue weighted by atomic mass is 32.2. The molecule has 0 spiro atoms. The number of hydrogen-bond acceptors (Lipinski definition) is 7. The van der Waals surface area contributed by atoms with Crippen LogP contribution in [-0.4, -0.2) is 59.7 Å². The average molecular weight is 372 g/mol. The number of hydrogen-bond donors (Lipinski definition) is 1. The number of aromatic nitrogens is 1. The van der Waals surface area contributed by atoms with E-state index in [1.54, 1.807) is 0 Å². The zero-order chi connectivity index (χ0) is 17.5. The predicted octanol–water partition coefficient (Wildman–Crippen LogP) is -0.452. The summed E-state index contributed by atoms with van der Waals surface area (Å²) in [5, 5.41) is 2.92. The Labute approximate surface area is 142 Å². The number of likely N-dealkylation sites (tertiary alicyclic amines) is 1. The second kappa shape index (κ2) is 6.22. The topological polar surface area (TPSA) is 117 Å². The lowest BCUT2D eigenvalue weighted by molar-refractivity contribution is -0.141. The number of imide groups is 1. The number of carbonyl (C=O) groups is 3. The quantitative estimate of drug-likeness (QED) is 0.716. The van der Waals surface area contributed by atoms with Crippen LogP contribution in [0.3, 0.4) is 0 Å². The van der Waals surface area contributed by atoms with Crippen molar-refractivity contribution in [2.24, 2.45) is 0 Å². The maximum absolute atomic E-state index is 12.0. The Kier molecular flexibility index (Phi) is 4.40. The molecule has 1 fully saturated rings. The Morgan fingerprint density at radius 3 is 2.54 bits per heavy atom. The van der Waals surface area contributed by atoms with Gasteiger partial charge in [-0.15, -0.1) is 11.3 Å². The van der Waals surface area contributed by atoms with Crippen molar-refractivity contribution >= 4 is 44.2 Å². The molecule has 0 aromatic carbocycles. The first kappa shape index (κ1) is 17.0. The van der Waals surface area contributed by atoms with Gasteiger partial charge in [0.25, 0.3) is 0 Å². The molecule has 2 aliphatic rings. The highest BCUT2D eigenvalue weighted by molar-refractivity contribution is 7.88. The molecule has 3 amide bonds. The van der Waals surface area contributed by atoms with E-state index in [-0.39, 0.29) is 37.7 Å². The Bertz CT molecular complexity index is 800. The van der Waals surface area contributed by atoms with E-state index in [0.29, 0.717) is 18.1 Å². The van der Waals surface area contributed by atoms with Crippen LogP contribution in [0.1, 0.15) is 23.4 Å². The van der Waals surface area contributed by atoms with Gasteiger partial charge in [0, 0.05) is 37.2 Å². The zero-order valence-corrected chi connectivity index (χ0v) is 14.6. The van der Waals surface area contributed by atoms with E-state index in [1.807, 2.05) is 0 Å². The number of rotatable bonds is 4. The zero-order valence-electron chi connectivity index (χ0n) is 12.9. The first-order valence-electron chi connectivity index (χ1n) is 7.31. The summed E-state index contributed by atoms with van der Waals surface area (Å²) >= 11 is 1.21. The molecule has 1 saturated heterocycles. The Hall–Kier alpha value is -1.85. The second-order valence-electron chi connectivity index (χ2n) is 5.66. The van der Waals surface area contributed by atoms with Crippen LogP contribution in [0.25, 0.3) is 0 Å².